The third-order valence-corrected chi connectivity index (χ3v) is 3.88. The second-order valence-electron chi connectivity index (χ2n) is 3.47. The maximum absolute atomic E-state index is 12.6. The maximum atomic E-state index is 12.6. The summed E-state index contributed by atoms with van der Waals surface area (Å²) in [5.74, 6) is -1.84. The van der Waals surface area contributed by atoms with E-state index in [2.05, 4.69) is 4.72 Å². The molecule has 0 fully saturated rings. The molecule has 17 heavy (non-hydrogen) atoms. The Kier molecular flexibility index (Phi) is 4.19. The number of carbonyl (C=O) groups is 1. The molecule has 0 aliphatic carbocycles. The van der Waals surface area contributed by atoms with Crippen LogP contribution in [0.15, 0.2) is 24.3 Å². The first-order valence-electron chi connectivity index (χ1n) is 4.78. The molecule has 5 nitrogen and oxygen atoms in total. The second kappa shape index (κ2) is 5.24. The van der Waals surface area contributed by atoms with Crippen molar-refractivity contribution in [3.63, 3.8) is 0 Å². The van der Waals surface area contributed by atoms with Gasteiger partial charge in [-0.15, -0.1) is 0 Å². The number of rotatable bonds is 5. The highest BCUT2D eigenvalue weighted by atomic mass is 32.2. The molecule has 0 radical (unpaired) electrons. The molecule has 0 bridgehead atoms. The molecule has 1 unspecified atom stereocenters. The number of nitrogens with one attached hydrogen (secondary N) is 1. The number of sulfonamides is 1. The summed E-state index contributed by atoms with van der Waals surface area (Å²) in [6.07, 6.45) is 0. The molecule has 0 aliphatic rings. The largest absolute Gasteiger partial charge is 0.480 e. The van der Waals surface area contributed by atoms with E-state index in [1.54, 1.807) is 0 Å². The quantitative estimate of drug-likeness (QED) is 0.818. The Bertz CT molecular complexity index is 498. The van der Waals surface area contributed by atoms with Crippen LogP contribution < -0.4 is 4.72 Å². The zero-order chi connectivity index (χ0) is 13.1. The predicted octanol–water partition coefficient (Wildman–Crippen LogP) is 0.718. The smallest absolute Gasteiger partial charge is 0.323 e. The molecule has 0 spiro atoms. The minimum atomic E-state index is -3.91. The van der Waals surface area contributed by atoms with Gasteiger partial charge >= 0.3 is 5.97 Å². The molecule has 0 saturated heterocycles. The van der Waals surface area contributed by atoms with Crippen molar-refractivity contribution in [2.45, 2.75) is 18.7 Å². The van der Waals surface area contributed by atoms with Gasteiger partial charge in [-0.2, -0.15) is 0 Å². The summed E-state index contributed by atoms with van der Waals surface area (Å²) in [6.45, 7) is 1.01. The minimum Gasteiger partial charge on any atom is -0.480 e. The van der Waals surface area contributed by atoms with Crippen molar-refractivity contribution in [3.8, 4) is 0 Å². The number of benzene rings is 1. The molecular weight excluding hydrogens is 249 g/mol. The Hall–Kier alpha value is -1.47. The van der Waals surface area contributed by atoms with Crippen LogP contribution in [-0.2, 0) is 21.4 Å². The van der Waals surface area contributed by atoms with Crippen molar-refractivity contribution in [2.75, 3.05) is 0 Å². The zero-order valence-electron chi connectivity index (χ0n) is 9.05. The highest BCUT2D eigenvalue weighted by Crippen LogP contribution is 2.04. The van der Waals surface area contributed by atoms with E-state index in [4.69, 9.17) is 5.11 Å². The van der Waals surface area contributed by atoms with Crippen molar-refractivity contribution >= 4 is 16.0 Å². The van der Waals surface area contributed by atoms with E-state index in [0.29, 0.717) is 5.56 Å². The fourth-order valence-electron chi connectivity index (χ4n) is 1.04. The third kappa shape index (κ3) is 3.79. The van der Waals surface area contributed by atoms with Gasteiger partial charge in [0, 0.05) is 6.54 Å². The Morgan fingerprint density at radius 1 is 1.41 bits per heavy atom. The fraction of sp³-hybridized carbons (Fsp3) is 0.300. The van der Waals surface area contributed by atoms with Gasteiger partial charge in [0.25, 0.3) is 0 Å². The molecule has 2 N–H and O–H groups in total. The number of hydrogen-bond donors (Lipinski definition) is 2. The van der Waals surface area contributed by atoms with E-state index in [1.165, 1.54) is 24.3 Å². The molecule has 0 heterocycles. The van der Waals surface area contributed by atoms with Crippen LogP contribution >= 0.6 is 0 Å². The summed E-state index contributed by atoms with van der Waals surface area (Å²) in [4.78, 5) is 10.5. The van der Waals surface area contributed by atoms with E-state index < -0.39 is 27.1 Å². The van der Waals surface area contributed by atoms with Gasteiger partial charge in [-0.1, -0.05) is 12.1 Å². The van der Waals surface area contributed by atoms with Crippen molar-refractivity contribution in [1.82, 2.24) is 4.72 Å². The van der Waals surface area contributed by atoms with Crippen LogP contribution in [-0.4, -0.2) is 24.7 Å². The first-order chi connectivity index (χ1) is 7.83. The third-order valence-electron chi connectivity index (χ3n) is 2.20. The first kappa shape index (κ1) is 13.6. The molecule has 1 atom stereocenters. The second-order valence-corrected chi connectivity index (χ2v) is 5.56. The minimum absolute atomic E-state index is 0.0692. The lowest BCUT2D eigenvalue weighted by atomic mass is 10.2. The van der Waals surface area contributed by atoms with Crippen LogP contribution in [0, 0.1) is 5.82 Å². The lowest BCUT2D eigenvalue weighted by Gasteiger charge is -2.09. The first-order valence-corrected chi connectivity index (χ1v) is 6.33. The summed E-state index contributed by atoms with van der Waals surface area (Å²) in [7, 11) is -3.91. The number of hydrogen-bond acceptors (Lipinski definition) is 3. The molecule has 0 aromatic heterocycles. The molecule has 1 aromatic rings. The molecule has 0 aliphatic heterocycles. The lowest BCUT2D eigenvalue weighted by Crippen LogP contribution is -2.37. The van der Waals surface area contributed by atoms with Crippen LogP contribution in [0.25, 0.3) is 0 Å². The van der Waals surface area contributed by atoms with Gasteiger partial charge in [0.05, 0.1) is 0 Å². The Morgan fingerprint density at radius 3 is 2.41 bits per heavy atom. The van der Waals surface area contributed by atoms with Crippen LogP contribution in [0.4, 0.5) is 4.39 Å². The van der Waals surface area contributed by atoms with E-state index in [1.807, 2.05) is 0 Å². The lowest BCUT2D eigenvalue weighted by molar-refractivity contribution is -0.136. The van der Waals surface area contributed by atoms with Crippen molar-refractivity contribution in [2.24, 2.45) is 0 Å². The van der Waals surface area contributed by atoms with Gasteiger partial charge in [0.1, 0.15) is 5.82 Å². The molecule has 0 saturated carbocycles. The Labute approximate surface area is 98.3 Å². The zero-order valence-corrected chi connectivity index (χ0v) is 9.87. The monoisotopic (exact) mass is 261 g/mol. The summed E-state index contributed by atoms with van der Waals surface area (Å²) >= 11 is 0. The maximum Gasteiger partial charge on any atom is 0.323 e. The number of carboxylic acids is 1. The number of aliphatic carboxylic acids is 1. The average molecular weight is 261 g/mol. The van der Waals surface area contributed by atoms with Crippen molar-refractivity contribution < 1.29 is 22.7 Å². The van der Waals surface area contributed by atoms with Crippen LogP contribution in [0.1, 0.15) is 12.5 Å². The van der Waals surface area contributed by atoms with Crippen molar-refractivity contribution in [1.29, 1.82) is 0 Å². The summed E-state index contributed by atoms with van der Waals surface area (Å²) in [5, 5.41) is 7.06. The highest BCUT2D eigenvalue weighted by Gasteiger charge is 2.26. The van der Waals surface area contributed by atoms with Gasteiger partial charge in [-0.3, -0.25) is 4.79 Å². The van der Waals surface area contributed by atoms with Crippen LogP contribution in [0.2, 0.25) is 0 Å². The molecular formula is C10H12FNO4S. The highest BCUT2D eigenvalue weighted by molar-refractivity contribution is 7.90. The van der Waals surface area contributed by atoms with E-state index in [-0.39, 0.29) is 6.54 Å². The SMILES string of the molecule is CC(C(=O)O)S(=O)(=O)NCc1ccc(F)cc1. The summed E-state index contributed by atoms with van der Waals surface area (Å²) in [6, 6.07) is 5.24. The van der Waals surface area contributed by atoms with Gasteiger partial charge in [-0.05, 0) is 24.6 Å². The van der Waals surface area contributed by atoms with Gasteiger partial charge in [0.15, 0.2) is 5.25 Å². The van der Waals surface area contributed by atoms with Crippen LogP contribution in [0.3, 0.4) is 0 Å². The molecule has 94 valence electrons. The standard InChI is InChI=1S/C10H12FNO4S/c1-7(10(13)14)17(15,16)12-6-8-2-4-9(11)5-3-8/h2-5,7,12H,6H2,1H3,(H,13,14). The van der Waals surface area contributed by atoms with Gasteiger partial charge < -0.3 is 5.11 Å². The summed E-state index contributed by atoms with van der Waals surface area (Å²) in [5.41, 5.74) is 0.549. The molecule has 7 heteroatoms. The van der Waals surface area contributed by atoms with Crippen LogP contribution in [0.5, 0.6) is 0 Å². The Morgan fingerprint density at radius 2 is 1.94 bits per heavy atom. The summed E-state index contributed by atoms with van der Waals surface area (Å²) < 4.78 is 37.6. The fourth-order valence-corrected chi connectivity index (χ4v) is 1.93. The predicted molar refractivity (Wildman–Crippen MR) is 59.3 cm³/mol. The molecule has 1 rings (SSSR count). The number of halogens is 1. The molecule has 1 aromatic carbocycles. The normalized spacial score (nSPS) is 13.3. The van der Waals surface area contributed by atoms with Gasteiger partial charge in [0.2, 0.25) is 10.0 Å². The van der Waals surface area contributed by atoms with Gasteiger partial charge in [-0.25, -0.2) is 17.5 Å². The van der Waals surface area contributed by atoms with E-state index >= 15 is 0 Å². The topological polar surface area (TPSA) is 83.5 Å². The van der Waals surface area contributed by atoms with Crippen molar-refractivity contribution in [3.05, 3.63) is 35.6 Å². The number of carboxylic acid groups (broad SMARTS) is 1. The molecule has 0 amide bonds. The Balaban J connectivity index is 2.68. The van der Waals surface area contributed by atoms with E-state index in [0.717, 1.165) is 6.92 Å². The van der Waals surface area contributed by atoms with E-state index in [9.17, 15) is 17.6 Å². The average Bonchev–Trinajstić information content (AvgIpc) is 2.27.